The predicted molar refractivity (Wildman–Crippen MR) is 243 cm³/mol. The van der Waals surface area contributed by atoms with E-state index in [0.717, 1.165) is 39.5 Å². The highest BCUT2D eigenvalue weighted by Crippen LogP contribution is 2.62. The SMILES string of the molecule is CC1(C)c2ccccc2-c2ccc(-c3cc(-c4cccc(-c5ccc6c(c5)C5(c7ccccc7S6)c6ccccc6-c6ccccc65)c4)nc(-c4ccccc4)n3)cc21. The predicted octanol–water partition coefficient (Wildman–Crippen LogP) is 14.3. The van der Waals surface area contributed by atoms with E-state index in [1.54, 1.807) is 0 Å². The molecule has 0 saturated carbocycles. The Bertz CT molecular complexity index is 3130. The van der Waals surface area contributed by atoms with Gasteiger partial charge in [0.15, 0.2) is 5.82 Å². The minimum absolute atomic E-state index is 0.106. The summed E-state index contributed by atoms with van der Waals surface area (Å²) in [6.07, 6.45) is 0. The van der Waals surface area contributed by atoms with Gasteiger partial charge < -0.3 is 0 Å². The van der Waals surface area contributed by atoms with E-state index in [2.05, 4.69) is 202 Å². The summed E-state index contributed by atoms with van der Waals surface area (Å²) in [6, 6.07) is 71.2. The van der Waals surface area contributed by atoms with Crippen LogP contribution in [0.2, 0.25) is 0 Å². The molecule has 12 rings (SSSR count). The Hall–Kier alpha value is -6.81. The average molecular weight is 771 g/mol. The van der Waals surface area contributed by atoms with Crippen LogP contribution in [0.3, 0.4) is 0 Å². The molecule has 8 aromatic carbocycles. The first-order valence-electron chi connectivity index (χ1n) is 20.4. The summed E-state index contributed by atoms with van der Waals surface area (Å²) in [7, 11) is 0. The first-order valence-corrected chi connectivity index (χ1v) is 21.2. The van der Waals surface area contributed by atoms with Crippen LogP contribution < -0.4 is 0 Å². The van der Waals surface area contributed by atoms with Gasteiger partial charge in [0, 0.05) is 31.9 Å². The Balaban J connectivity index is 1.01. The molecule has 59 heavy (non-hydrogen) atoms. The van der Waals surface area contributed by atoms with Crippen molar-refractivity contribution in [2.45, 2.75) is 34.5 Å². The summed E-state index contributed by atoms with van der Waals surface area (Å²) < 4.78 is 0. The lowest BCUT2D eigenvalue weighted by Crippen LogP contribution is -2.32. The van der Waals surface area contributed by atoms with Crippen LogP contribution in [0.5, 0.6) is 0 Å². The van der Waals surface area contributed by atoms with Gasteiger partial charge in [0.1, 0.15) is 0 Å². The quantitative estimate of drug-likeness (QED) is 0.178. The number of aromatic nitrogens is 2. The summed E-state index contributed by atoms with van der Waals surface area (Å²) in [6.45, 7) is 4.66. The number of hydrogen-bond donors (Lipinski definition) is 0. The van der Waals surface area contributed by atoms with Crippen molar-refractivity contribution in [3.63, 3.8) is 0 Å². The third-order valence-electron chi connectivity index (χ3n) is 13.0. The Morgan fingerprint density at radius 3 is 1.56 bits per heavy atom. The number of nitrogens with zero attached hydrogens (tertiary/aromatic N) is 2. The van der Waals surface area contributed by atoms with Gasteiger partial charge in [-0.05, 0) is 103 Å². The van der Waals surface area contributed by atoms with Crippen molar-refractivity contribution in [2.24, 2.45) is 0 Å². The molecule has 1 spiro atoms. The molecule has 3 aliphatic rings. The van der Waals surface area contributed by atoms with Crippen LogP contribution in [0.15, 0.2) is 204 Å². The van der Waals surface area contributed by atoms with Crippen molar-refractivity contribution in [2.75, 3.05) is 0 Å². The zero-order valence-electron chi connectivity index (χ0n) is 32.8. The number of fused-ring (bicyclic) bond motifs is 12. The molecular weight excluding hydrogens is 733 g/mol. The van der Waals surface area contributed by atoms with Crippen LogP contribution in [0, 0.1) is 0 Å². The molecule has 9 aromatic rings. The van der Waals surface area contributed by atoms with E-state index in [1.165, 1.54) is 71.0 Å². The zero-order chi connectivity index (χ0) is 39.3. The standard InChI is InChI=1S/C56H38N2S/c1-55(2)44-22-9-6-19-40(44)43-29-27-39(33-48(43)55)51-34-50(57-54(58-51)35-15-4-3-5-16-35)38-18-14-17-36(31-38)37-28-30-53-49(32-37)56(47-25-12-13-26-52(47)59-53)45-23-10-7-20-41(45)42-21-8-11-24-46(42)56/h3-34H,1-2H3. The Labute approximate surface area is 349 Å². The van der Waals surface area contributed by atoms with E-state index >= 15 is 0 Å². The van der Waals surface area contributed by atoms with E-state index < -0.39 is 5.41 Å². The van der Waals surface area contributed by atoms with Crippen LogP contribution in [0.4, 0.5) is 0 Å². The maximum absolute atomic E-state index is 5.26. The highest BCUT2D eigenvalue weighted by atomic mass is 32.2. The molecule has 3 heteroatoms. The van der Waals surface area contributed by atoms with Crippen molar-refractivity contribution in [1.82, 2.24) is 9.97 Å². The average Bonchev–Trinajstić information content (AvgIpc) is 3.72. The monoisotopic (exact) mass is 770 g/mol. The molecule has 2 aliphatic carbocycles. The summed E-state index contributed by atoms with van der Waals surface area (Å²) in [4.78, 5) is 13.1. The second kappa shape index (κ2) is 12.8. The molecule has 0 saturated heterocycles. The van der Waals surface area contributed by atoms with E-state index in [1.807, 2.05) is 17.8 Å². The van der Waals surface area contributed by atoms with E-state index in [0.29, 0.717) is 0 Å². The van der Waals surface area contributed by atoms with E-state index in [-0.39, 0.29) is 5.41 Å². The Morgan fingerprint density at radius 1 is 0.339 bits per heavy atom. The van der Waals surface area contributed by atoms with Gasteiger partial charge in [-0.1, -0.05) is 183 Å². The van der Waals surface area contributed by atoms with Crippen LogP contribution in [0.25, 0.3) is 67.3 Å². The summed E-state index contributed by atoms with van der Waals surface area (Å²) in [5.74, 6) is 0.719. The van der Waals surface area contributed by atoms with Crippen molar-refractivity contribution >= 4 is 11.8 Å². The lowest BCUT2D eigenvalue weighted by molar-refractivity contribution is 0.660. The first-order chi connectivity index (χ1) is 29.0. The van der Waals surface area contributed by atoms with Crippen molar-refractivity contribution in [1.29, 1.82) is 0 Å². The summed E-state index contributed by atoms with van der Waals surface area (Å²) in [5.41, 5.74) is 20.1. The normalized spacial score (nSPS) is 14.5. The molecule has 0 unspecified atom stereocenters. The van der Waals surface area contributed by atoms with Crippen LogP contribution in [-0.2, 0) is 10.8 Å². The maximum Gasteiger partial charge on any atom is 0.160 e. The minimum Gasteiger partial charge on any atom is -0.228 e. The number of hydrogen-bond acceptors (Lipinski definition) is 3. The summed E-state index contributed by atoms with van der Waals surface area (Å²) >= 11 is 1.88. The Kier molecular flexibility index (Phi) is 7.46. The molecule has 2 nitrogen and oxygen atoms in total. The molecule has 0 bridgehead atoms. The molecule has 0 atom stereocenters. The molecule has 278 valence electrons. The lowest BCUT2D eigenvalue weighted by atomic mass is 9.67. The van der Waals surface area contributed by atoms with Crippen LogP contribution in [-0.4, -0.2) is 9.97 Å². The van der Waals surface area contributed by atoms with E-state index in [4.69, 9.17) is 9.97 Å². The van der Waals surface area contributed by atoms with Gasteiger partial charge in [0.25, 0.3) is 0 Å². The van der Waals surface area contributed by atoms with Gasteiger partial charge in [0.05, 0.1) is 16.8 Å². The topological polar surface area (TPSA) is 25.8 Å². The van der Waals surface area contributed by atoms with Crippen LogP contribution in [0.1, 0.15) is 47.2 Å². The van der Waals surface area contributed by atoms with Gasteiger partial charge in [-0.25, -0.2) is 9.97 Å². The number of benzene rings is 8. The van der Waals surface area contributed by atoms with Crippen molar-refractivity contribution in [3.8, 4) is 67.3 Å². The smallest absolute Gasteiger partial charge is 0.160 e. The second-order valence-corrected chi connectivity index (χ2v) is 17.6. The minimum atomic E-state index is -0.421. The zero-order valence-corrected chi connectivity index (χ0v) is 33.6. The van der Waals surface area contributed by atoms with Gasteiger partial charge in [0.2, 0.25) is 0 Å². The lowest BCUT2D eigenvalue weighted by Gasteiger charge is -2.40. The Morgan fingerprint density at radius 2 is 0.831 bits per heavy atom. The molecular formula is C56H38N2S. The molecule has 1 aliphatic heterocycles. The molecule has 0 radical (unpaired) electrons. The van der Waals surface area contributed by atoms with E-state index in [9.17, 15) is 0 Å². The largest absolute Gasteiger partial charge is 0.228 e. The van der Waals surface area contributed by atoms with Crippen LogP contribution >= 0.6 is 11.8 Å². The van der Waals surface area contributed by atoms with Gasteiger partial charge >= 0.3 is 0 Å². The molecule has 0 N–H and O–H groups in total. The van der Waals surface area contributed by atoms with Gasteiger partial charge in [-0.2, -0.15) is 0 Å². The molecule has 2 heterocycles. The fourth-order valence-electron chi connectivity index (χ4n) is 10.2. The molecule has 0 amide bonds. The van der Waals surface area contributed by atoms with Gasteiger partial charge in [-0.15, -0.1) is 0 Å². The maximum atomic E-state index is 5.26. The highest BCUT2D eigenvalue weighted by molar-refractivity contribution is 7.99. The fraction of sp³-hybridized carbons (Fsp3) is 0.0714. The highest BCUT2D eigenvalue weighted by Gasteiger charge is 2.50. The first kappa shape index (κ1) is 34.3. The molecule has 1 aromatic heterocycles. The third-order valence-corrected chi connectivity index (χ3v) is 14.1. The van der Waals surface area contributed by atoms with Crippen molar-refractivity contribution in [3.05, 3.63) is 228 Å². The molecule has 0 fully saturated rings. The second-order valence-electron chi connectivity index (χ2n) is 16.5. The fourth-order valence-corrected chi connectivity index (χ4v) is 11.4. The van der Waals surface area contributed by atoms with Gasteiger partial charge in [-0.3, -0.25) is 0 Å². The van der Waals surface area contributed by atoms with Crippen molar-refractivity contribution < 1.29 is 0 Å². The summed E-state index contributed by atoms with van der Waals surface area (Å²) in [5, 5.41) is 0. The number of rotatable bonds is 4. The third kappa shape index (κ3) is 5.01.